The molecule has 0 saturated carbocycles. The van der Waals surface area contributed by atoms with E-state index in [1.807, 2.05) is 12.3 Å². The van der Waals surface area contributed by atoms with Crippen LogP contribution < -0.4 is 10.2 Å². The maximum atomic E-state index is 12.1. The molecule has 1 saturated heterocycles. The van der Waals surface area contributed by atoms with Gasteiger partial charge in [0, 0.05) is 38.6 Å². The summed E-state index contributed by atoms with van der Waals surface area (Å²) >= 11 is 1.54. The van der Waals surface area contributed by atoms with Gasteiger partial charge in [-0.3, -0.25) is 9.48 Å². The summed E-state index contributed by atoms with van der Waals surface area (Å²) in [5.41, 5.74) is 0.468. The molecule has 0 radical (unpaired) electrons. The average Bonchev–Trinajstić information content (AvgIpc) is 3.02. The van der Waals surface area contributed by atoms with Gasteiger partial charge in [0.2, 0.25) is 0 Å². The molecule has 0 aliphatic carbocycles. The van der Waals surface area contributed by atoms with Crippen LogP contribution in [0.4, 0.5) is 5.82 Å². The number of aryl methyl sites for hydroxylation is 1. The number of nitrogens with one attached hydrogen (secondary N) is 1. The Labute approximate surface area is 139 Å². The third kappa shape index (κ3) is 3.82. The van der Waals surface area contributed by atoms with Gasteiger partial charge < -0.3 is 10.2 Å². The van der Waals surface area contributed by atoms with Crippen LogP contribution in [0.1, 0.15) is 23.3 Å². The average molecular weight is 332 g/mol. The Kier molecular flexibility index (Phi) is 4.80. The minimum absolute atomic E-state index is 0.101. The van der Waals surface area contributed by atoms with Gasteiger partial charge >= 0.3 is 0 Å². The van der Waals surface area contributed by atoms with Crippen molar-refractivity contribution in [1.82, 2.24) is 25.1 Å². The smallest absolute Gasteiger partial charge is 0.271 e. The van der Waals surface area contributed by atoms with Gasteiger partial charge in [0.05, 0.1) is 0 Å². The summed E-state index contributed by atoms with van der Waals surface area (Å²) in [4.78, 5) is 23.1. The van der Waals surface area contributed by atoms with Crippen LogP contribution >= 0.6 is 11.8 Å². The number of piperidine rings is 1. The van der Waals surface area contributed by atoms with E-state index in [1.165, 1.54) is 0 Å². The fourth-order valence-electron chi connectivity index (χ4n) is 2.65. The van der Waals surface area contributed by atoms with E-state index in [4.69, 9.17) is 0 Å². The molecule has 1 amide bonds. The highest BCUT2D eigenvalue weighted by Gasteiger charge is 2.22. The van der Waals surface area contributed by atoms with Gasteiger partial charge in [-0.15, -0.1) is 0 Å². The molecule has 8 heteroatoms. The molecule has 0 unspecified atom stereocenters. The number of carbonyl (C=O) groups is 1. The van der Waals surface area contributed by atoms with Crippen molar-refractivity contribution < 1.29 is 4.79 Å². The number of thioether (sulfide) groups is 1. The van der Waals surface area contributed by atoms with Crippen molar-refractivity contribution in [2.45, 2.75) is 24.0 Å². The van der Waals surface area contributed by atoms with Crippen molar-refractivity contribution in [2.24, 2.45) is 7.05 Å². The zero-order valence-electron chi connectivity index (χ0n) is 13.3. The van der Waals surface area contributed by atoms with Crippen molar-refractivity contribution in [2.75, 3.05) is 24.2 Å². The number of carbonyl (C=O) groups excluding carboxylic acids is 1. The molecule has 3 heterocycles. The lowest BCUT2D eigenvalue weighted by atomic mass is 10.0. The van der Waals surface area contributed by atoms with E-state index in [2.05, 4.69) is 25.3 Å². The summed E-state index contributed by atoms with van der Waals surface area (Å²) in [5.74, 6) is 0.856. The topological polar surface area (TPSA) is 75.9 Å². The maximum absolute atomic E-state index is 12.1. The molecule has 1 N–H and O–H groups in total. The van der Waals surface area contributed by atoms with E-state index >= 15 is 0 Å². The zero-order valence-corrected chi connectivity index (χ0v) is 14.1. The molecule has 2 aromatic heterocycles. The Bertz CT molecular complexity index is 680. The molecule has 122 valence electrons. The van der Waals surface area contributed by atoms with Crippen LogP contribution in [0.3, 0.4) is 0 Å². The number of nitrogens with zero attached hydrogens (tertiary/aromatic N) is 5. The molecule has 0 aromatic carbocycles. The molecular weight excluding hydrogens is 312 g/mol. The summed E-state index contributed by atoms with van der Waals surface area (Å²) < 4.78 is 1.63. The van der Waals surface area contributed by atoms with Crippen LogP contribution in [0.15, 0.2) is 29.7 Å². The standard InChI is InChI=1S/C15H20N6OS/c1-20-8-6-12(19-20)14(22)17-11-4-9-21(10-5-11)13-3-7-16-15(18-13)23-2/h3,6-8,11H,4-5,9-10H2,1-2H3,(H,17,22). The zero-order chi connectivity index (χ0) is 16.2. The van der Waals surface area contributed by atoms with Crippen molar-refractivity contribution in [3.63, 3.8) is 0 Å². The highest BCUT2D eigenvalue weighted by Crippen LogP contribution is 2.20. The molecule has 3 rings (SSSR count). The lowest BCUT2D eigenvalue weighted by molar-refractivity contribution is 0.0925. The van der Waals surface area contributed by atoms with Crippen molar-refractivity contribution in [1.29, 1.82) is 0 Å². The quantitative estimate of drug-likeness (QED) is 0.672. The second-order valence-corrected chi connectivity index (χ2v) is 6.28. The molecule has 1 aliphatic rings. The number of aromatic nitrogens is 4. The first-order valence-corrected chi connectivity index (χ1v) is 8.80. The SMILES string of the molecule is CSc1nccc(N2CCC(NC(=O)c3ccn(C)n3)CC2)n1. The summed E-state index contributed by atoms with van der Waals surface area (Å²) in [6.07, 6.45) is 7.34. The Hall–Kier alpha value is -2.09. The summed E-state index contributed by atoms with van der Waals surface area (Å²) in [5, 5.41) is 7.98. The maximum Gasteiger partial charge on any atom is 0.271 e. The van der Waals surface area contributed by atoms with Gasteiger partial charge in [0.15, 0.2) is 5.16 Å². The second-order valence-electron chi connectivity index (χ2n) is 5.51. The van der Waals surface area contributed by atoms with Crippen molar-refractivity contribution in [3.05, 3.63) is 30.2 Å². The lowest BCUT2D eigenvalue weighted by Gasteiger charge is -2.33. The van der Waals surface area contributed by atoms with E-state index in [0.717, 1.165) is 36.9 Å². The molecule has 1 fully saturated rings. The summed E-state index contributed by atoms with van der Waals surface area (Å²) in [6.45, 7) is 1.75. The Morgan fingerprint density at radius 2 is 2.13 bits per heavy atom. The van der Waals surface area contributed by atoms with Crippen molar-refractivity contribution in [3.8, 4) is 0 Å². The number of rotatable bonds is 4. The minimum atomic E-state index is -0.101. The second kappa shape index (κ2) is 6.99. The van der Waals surface area contributed by atoms with E-state index in [9.17, 15) is 4.79 Å². The van der Waals surface area contributed by atoms with Gasteiger partial charge in [0.25, 0.3) is 5.91 Å². The van der Waals surface area contributed by atoms with Crippen LogP contribution in [0.5, 0.6) is 0 Å². The minimum Gasteiger partial charge on any atom is -0.356 e. The molecule has 0 atom stereocenters. The third-order valence-electron chi connectivity index (χ3n) is 3.90. The number of amides is 1. The first-order valence-electron chi connectivity index (χ1n) is 7.58. The van der Waals surface area contributed by atoms with Gasteiger partial charge in [0.1, 0.15) is 11.5 Å². The van der Waals surface area contributed by atoms with E-state index < -0.39 is 0 Å². The highest BCUT2D eigenvalue weighted by molar-refractivity contribution is 7.98. The summed E-state index contributed by atoms with van der Waals surface area (Å²) in [7, 11) is 1.81. The predicted molar refractivity (Wildman–Crippen MR) is 89.7 cm³/mol. The van der Waals surface area contributed by atoms with Crippen LogP contribution in [0, 0.1) is 0 Å². The molecule has 7 nitrogen and oxygen atoms in total. The fourth-order valence-corrected chi connectivity index (χ4v) is 3.01. The first kappa shape index (κ1) is 15.8. The third-order valence-corrected chi connectivity index (χ3v) is 4.46. The molecular formula is C15H20N6OS. The number of hydrogen-bond acceptors (Lipinski definition) is 6. The fraction of sp³-hybridized carbons (Fsp3) is 0.467. The summed E-state index contributed by atoms with van der Waals surface area (Å²) in [6, 6.07) is 3.85. The van der Waals surface area contributed by atoms with Crippen LogP contribution in [0.25, 0.3) is 0 Å². The van der Waals surface area contributed by atoms with Gasteiger partial charge in [-0.05, 0) is 31.2 Å². The molecule has 0 bridgehead atoms. The van der Waals surface area contributed by atoms with Gasteiger partial charge in [-0.2, -0.15) is 5.10 Å². The lowest BCUT2D eigenvalue weighted by Crippen LogP contribution is -2.45. The number of anilines is 1. The molecule has 1 aliphatic heterocycles. The van der Waals surface area contributed by atoms with E-state index in [1.54, 1.807) is 42.0 Å². The number of hydrogen-bond donors (Lipinski definition) is 1. The van der Waals surface area contributed by atoms with Gasteiger partial charge in [-0.1, -0.05) is 11.8 Å². The van der Waals surface area contributed by atoms with Crippen LogP contribution in [-0.2, 0) is 7.05 Å². The van der Waals surface area contributed by atoms with Gasteiger partial charge in [-0.25, -0.2) is 9.97 Å². The predicted octanol–water partition coefficient (Wildman–Crippen LogP) is 1.33. The van der Waals surface area contributed by atoms with E-state index in [0.29, 0.717) is 5.69 Å². The monoisotopic (exact) mass is 332 g/mol. The molecule has 2 aromatic rings. The van der Waals surface area contributed by atoms with Crippen LogP contribution in [0.2, 0.25) is 0 Å². The normalized spacial score (nSPS) is 15.7. The van der Waals surface area contributed by atoms with E-state index in [-0.39, 0.29) is 11.9 Å². The molecule has 0 spiro atoms. The molecule has 23 heavy (non-hydrogen) atoms. The first-order chi connectivity index (χ1) is 11.2. The Morgan fingerprint density at radius 1 is 1.35 bits per heavy atom. The Balaban J connectivity index is 1.55. The highest BCUT2D eigenvalue weighted by atomic mass is 32.2. The largest absolute Gasteiger partial charge is 0.356 e. The van der Waals surface area contributed by atoms with Crippen molar-refractivity contribution >= 4 is 23.5 Å². The van der Waals surface area contributed by atoms with Crippen LogP contribution in [-0.4, -0.2) is 51.0 Å². The Morgan fingerprint density at radius 3 is 2.78 bits per heavy atom.